The molecule has 24 heavy (non-hydrogen) atoms. The molecule has 0 amide bonds. The smallest absolute Gasteiger partial charge is 0.137 e. The summed E-state index contributed by atoms with van der Waals surface area (Å²) in [6.45, 7) is 7.42. The Bertz CT molecular complexity index is 855. The fourth-order valence-electron chi connectivity index (χ4n) is 2.76. The third-order valence-corrected chi connectivity index (χ3v) is 4.17. The van der Waals surface area contributed by atoms with Gasteiger partial charge in [0.05, 0.1) is 5.52 Å². The predicted octanol–water partition coefficient (Wildman–Crippen LogP) is 4.65. The summed E-state index contributed by atoms with van der Waals surface area (Å²) in [5.41, 5.74) is 11.2. The van der Waals surface area contributed by atoms with Crippen molar-refractivity contribution in [2.45, 2.75) is 27.2 Å². The molecule has 0 radical (unpaired) electrons. The summed E-state index contributed by atoms with van der Waals surface area (Å²) in [5.74, 6) is 1.54. The second-order valence-corrected chi connectivity index (χ2v) is 6.65. The van der Waals surface area contributed by atoms with Crippen LogP contribution >= 0.6 is 0 Å². The summed E-state index contributed by atoms with van der Waals surface area (Å²) in [4.78, 5) is 8.80. The van der Waals surface area contributed by atoms with Crippen LogP contribution in [0.25, 0.3) is 22.0 Å². The van der Waals surface area contributed by atoms with Crippen LogP contribution in [0.4, 0.5) is 11.5 Å². The molecule has 124 valence electrons. The number of aromatic nitrogens is 2. The molecule has 3 rings (SSSR count). The van der Waals surface area contributed by atoms with E-state index in [0.717, 1.165) is 46.5 Å². The zero-order valence-corrected chi connectivity index (χ0v) is 14.5. The number of hydrogen-bond donors (Lipinski definition) is 2. The topological polar surface area (TPSA) is 63.8 Å². The molecular weight excluding hydrogens is 296 g/mol. The molecule has 0 fully saturated rings. The summed E-state index contributed by atoms with van der Waals surface area (Å²) in [6, 6.07) is 12.3. The normalized spacial score (nSPS) is 11.2. The Balaban J connectivity index is 2.01. The number of aryl methyl sites for hydroxylation is 1. The second-order valence-electron chi connectivity index (χ2n) is 6.65. The summed E-state index contributed by atoms with van der Waals surface area (Å²) in [7, 11) is 0. The molecule has 3 N–H and O–H groups in total. The molecular formula is C20H24N4. The first-order valence-electron chi connectivity index (χ1n) is 8.39. The highest BCUT2D eigenvalue weighted by atomic mass is 15.0. The van der Waals surface area contributed by atoms with Gasteiger partial charge in [0.25, 0.3) is 0 Å². The van der Waals surface area contributed by atoms with Crippen LogP contribution in [0, 0.1) is 12.8 Å². The molecule has 0 unspecified atom stereocenters. The molecule has 0 saturated carbocycles. The average Bonchev–Trinajstić information content (AvgIpc) is 2.56. The number of fused-ring (bicyclic) bond motifs is 1. The van der Waals surface area contributed by atoms with Gasteiger partial charge in [-0.2, -0.15) is 0 Å². The molecule has 4 heteroatoms. The van der Waals surface area contributed by atoms with E-state index in [1.54, 1.807) is 6.33 Å². The SMILES string of the molecule is Cc1ccc(N)c(-c2ccc3ncnc(NCCC(C)C)c3c2)c1. The Kier molecular flexibility index (Phi) is 4.65. The first-order valence-corrected chi connectivity index (χ1v) is 8.39. The van der Waals surface area contributed by atoms with Gasteiger partial charge in [-0.3, -0.25) is 0 Å². The highest BCUT2D eigenvalue weighted by molar-refractivity contribution is 5.93. The molecule has 1 aromatic heterocycles. The van der Waals surface area contributed by atoms with Gasteiger partial charge in [-0.05, 0) is 49.1 Å². The van der Waals surface area contributed by atoms with Crippen LogP contribution < -0.4 is 11.1 Å². The van der Waals surface area contributed by atoms with Gasteiger partial charge in [-0.1, -0.05) is 31.5 Å². The lowest BCUT2D eigenvalue weighted by atomic mass is 10.00. The van der Waals surface area contributed by atoms with Crippen molar-refractivity contribution in [2.24, 2.45) is 5.92 Å². The van der Waals surface area contributed by atoms with E-state index in [2.05, 4.69) is 54.3 Å². The van der Waals surface area contributed by atoms with Crippen LogP contribution in [0.5, 0.6) is 0 Å². The molecule has 2 aromatic carbocycles. The van der Waals surface area contributed by atoms with Crippen LogP contribution in [0.2, 0.25) is 0 Å². The highest BCUT2D eigenvalue weighted by Gasteiger charge is 2.08. The first kappa shape index (κ1) is 16.2. The molecule has 0 aliphatic carbocycles. The lowest BCUT2D eigenvalue weighted by molar-refractivity contribution is 0.607. The van der Waals surface area contributed by atoms with Gasteiger partial charge in [0.1, 0.15) is 12.1 Å². The molecule has 0 saturated heterocycles. The van der Waals surface area contributed by atoms with Gasteiger partial charge < -0.3 is 11.1 Å². The zero-order valence-electron chi connectivity index (χ0n) is 14.5. The van der Waals surface area contributed by atoms with E-state index < -0.39 is 0 Å². The van der Waals surface area contributed by atoms with Crippen molar-refractivity contribution in [1.29, 1.82) is 0 Å². The number of rotatable bonds is 5. The quantitative estimate of drug-likeness (QED) is 0.672. The monoisotopic (exact) mass is 320 g/mol. The van der Waals surface area contributed by atoms with Gasteiger partial charge in [-0.15, -0.1) is 0 Å². The van der Waals surface area contributed by atoms with Crippen LogP contribution in [0.15, 0.2) is 42.7 Å². The molecule has 1 heterocycles. The van der Waals surface area contributed by atoms with E-state index >= 15 is 0 Å². The number of nitrogens with one attached hydrogen (secondary N) is 1. The Morgan fingerprint density at radius 1 is 1.08 bits per heavy atom. The maximum absolute atomic E-state index is 6.17. The predicted molar refractivity (Wildman–Crippen MR) is 102 cm³/mol. The fourth-order valence-corrected chi connectivity index (χ4v) is 2.76. The summed E-state index contributed by atoms with van der Waals surface area (Å²) >= 11 is 0. The third kappa shape index (κ3) is 3.48. The molecule has 0 aliphatic rings. The van der Waals surface area contributed by atoms with E-state index in [0.29, 0.717) is 5.92 Å². The summed E-state index contributed by atoms with van der Waals surface area (Å²) < 4.78 is 0. The van der Waals surface area contributed by atoms with Crippen molar-refractivity contribution >= 4 is 22.4 Å². The van der Waals surface area contributed by atoms with Gasteiger partial charge in [0.15, 0.2) is 0 Å². The van der Waals surface area contributed by atoms with E-state index in [1.807, 2.05) is 18.2 Å². The number of nitrogen functional groups attached to an aromatic ring is 1. The van der Waals surface area contributed by atoms with Crippen LogP contribution in [0.3, 0.4) is 0 Å². The van der Waals surface area contributed by atoms with Crippen LogP contribution in [-0.2, 0) is 0 Å². The van der Waals surface area contributed by atoms with Gasteiger partial charge in [-0.25, -0.2) is 9.97 Å². The van der Waals surface area contributed by atoms with E-state index in [-0.39, 0.29) is 0 Å². The lowest BCUT2D eigenvalue weighted by Gasteiger charge is -2.12. The molecule has 0 bridgehead atoms. The summed E-state index contributed by atoms with van der Waals surface area (Å²) in [6.07, 6.45) is 2.72. The molecule has 0 atom stereocenters. The maximum Gasteiger partial charge on any atom is 0.137 e. The molecule has 0 spiro atoms. The third-order valence-electron chi connectivity index (χ3n) is 4.17. The van der Waals surface area contributed by atoms with Crippen molar-refractivity contribution in [2.75, 3.05) is 17.6 Å². The van der Waals surface area contributed by atoms with Crippen molar-refractivity contribution in [3.05, 3.63) is 48.3 Å². The molecule has 0 aliphatic heterocycles. The van der Waals surface area contributed by atoms with Crippen molar-refractivity contribution in [3.63, 3.8) is 0 Å². The minimum Gasteiger partial charge on any atom is -0.398 e. The lowest BCUT2D eigenvalue weighted by Crippen LogP contribution is -2.07. The Labute approximate surface area is 143 Å². The summed E-state index contributed by atoms with van der Waals surface area (Å²) in [5, 5.41) is 4.47. The van der Waals surface area contributed by atoms with Crippen LogP contribution in [0.1, 0.15) is 25.8 Å². The van der Waals surface area contributed by atoms with E-state index in [4.69, 9.17) is 5.73 Å². The van der Waals surface area contributed by atoms with E-state index in [9.17, 15) is 0 Å². The van der Waals surface area contributed by atoms with Gasteiger partial charge in [0, 0.05) is 23.2 Å². The first-order chi connectivity index (χ1) is 11.5. The van der Waals surface area contributed by atoms with Crippen LogP contribution in [-0.4, -0.2) is 16.5 Å². The largest absolute Gasteiger partial charge is 0.398 e. The maximum atomic E-state index is 6.17. The number of nitrogens with zero attached hydrogens (tertiary/aromatic N) is 2. The van der Waals surface area contributed by atoms with Gasteiger partial charge >= 0.3 is 0 Å². The Hall–Kier alpha value is -2.62. The minimum atomic E-state index is 0.660. The zero-order chi connectivity index (χ0) is 17.1. The number of nitrogens with two attached hydrogens (primary N) is 1. The average molecular weight is 320 g/mol. The fraction of sp³-hybridized carbons (Fsp3) is 0.300. The standard InChI is InChI=1S/C20H24N4/c1-13(2)8-9-22-20-17-11-15(5-7-19(17)23-12-24-20)16-10-14(3)4-6-18(16)21/h4-7,10-13H,8-9,21H2,1-3H3,(H,22,23,24). The second kappa shape index (κ2) is 6.87. The molecule has 3 aromatic rings. The van der Waals surface area contributed by atoms with Crippen molar-refractivity contribution < 1.29 is 0 Å². The van der Waals surface area contributed by atoms with E-state index in [1.165, 1.54) is 5.56 Å². The Morgan fingerprint density at radius 3 is 2.71 bits per heavy atom. The number of benzene rings is 2. The van der Waals surface area contributed by atoms with Crippen molar-refractivity contribution in [3.8, 4) is 11.1 Å². The minimum absolute atomic E-state index is 0.660. The van der Waals surface area contributed by atoms with Gasteiger partial charge in [0.2, 0.25) is 0 Å². The Morgan fingerprint density at radius 2 is 1.92 bits per heavy atom. The number of anilines is 2. The molecule has 4 nitrogen and oxygen atoms in total. The van der Waals surface area contributed by atoms with Crippen molar-refractivity contribution in [1.82, 2.24) is 9.97 Å². The number of hydrogen-bond acceptors (Lipinski definition) is 4. The highest BCUT2D eigenvalue weighted by Crippen LogP contribution is 2.31.